The van der Waals surface area contributed by atoms with Gasteiger partial charge in [-0.25, -0.2) is 4.31 Å². The largest absolute Gasteiger partial charge is 0.384 e. The van der Waals surface area contributed by atoms with Crippen molar-refractivity contribution in [3.05, 3.63) is 89.5 Å². The molecule has 176 valence electrons. The fraction of sp³-hybridized carbons (Fsp3) is 0.200. The van der Waals surface area contributed by atoms with Crippen LogP contribution in [0.3, 0.4) is 0 Å². The first-order valence-corrected chi connectivity index (χ1v) is 12.3. The van der Waals surface area contributed by atoms with Crippen molar-refractivity contribution < 1.29 is 17.8 Å². The zero-order valence-corrected chi connectivity index (χ0v) is 19.3. The molecule has 3 aromatic carbocycles. The summed E-state index contributed by atoms with van der Waals surface area (Å²) >= 11 is 0. The molecule has 1 heterocycles. The molecule has 0 aromatic heterocycles. The maximum Gasteiger partial charge on any atom is 0.364 e. The molecular weight excluding hydrogens is 452 g/mol. The lowest BCUT2D eigenvalue weighted by Crippen LogP contribution is -2.35. The second kappa shape index (κ2) is 9.66. The van der Waals surface area contributed by atoms with Crippen LogP contribution in [0.5, 0.6) is 0 Å². The van der Waals surface area contributed by atoms with E-state index < -0.39 is 10.3 Å². The zero-order valence-electron chi connectivity index (χ0n) is 18.5. The Morgan fingerprint density at radius 3 is 2.38 bits per heavy atom. The summed E-state index contributed by atoms with van der Waals surface area (Å²) in [5.41, 5.74) is 9.36. The van der Waals surface area contributed by atoms with Gasteiger partial charge in [0.2, 0.25) is 5.91 Å². The van der Waals surface area contributed by atoms with E-state index >= 15 is 0 Å². The highest BCUT2D eigenvalue weighted by Gasteiger charge is 2.26. The molecule has 1 aliphatic rings. The van der Waals surface area contributed by atoms with E-state index in [4.69, 9.17) is 11.1 Å². The van der Waals surface area contributed by atoms with Crippen molar-refractivity contribution in [1.29, 1.82) is 5.41 Å². The third-order valence-corrected chi connectivity index (χ3v) is 6.71. The number of amidine groups is 1. The number of nitrogens with one attached hydrogen (secondary N) is 1. The Balaban J connectivity index is 1.54. The Hall–Kier alpha value is -3.69. The molecule has 0 saturated carbocycles. The molecule has 0 fully saturated rings. The standard InChI is InChI=1S/C25H26N4O4S/c26-25(27)19-11-8-18(9-12-19)10-15-24(30)28-16-4-5-20-17-22(13-14-23(20)28)29(34(31,32)33)21-6-2-1-3-7-21/h1-3,6-9,11-14,17H,4-5,10,15-16H2,(H3,26,27)(H,31,32,33). The van der Waals surface area contributed by atoms with Crippen LogP contribution in [0.1, 0.15) is 29.5 Å². The third-order valence-electron chi connectivity index (χ3n) is 5.83. The number of nitrogens with two attached hydrogens (primary N) is 1. The molecule has 3 aromatic rings. The minimum Gasteiger partial charge on any atom is -0.384 e. The van der Waals surface area contributed by atoms with Crippen molar-refractivity contribution in [3.63, 3.8) is 0 Å². The van der Waals surface area contributed by atoms with Gasteiger partial charge >= 0.3 is 10.3 Å². The van der Waals surface area contributed by atoms with Crippen LogP contribution in [-0.2, 0) is 27.9 Å². The monoisotopic (exact) mass is 478 g/mol. The fourth-order valence-corrected chi connectivity index (χ4v) is 4.95. The predicted molar refractivity (Wildman–Crippen MR) is 133 cm³/mol. The zero-order chi connectivity index (χ0) is 24.3. The number of aryl methyl sites for hydroxylation is 2. The van der Waals surface area contributed by atoms with Crippen molar-refractivity contribution in [2.45, 2.75) is 25.7 Å². The average Bonchev–Trinajstić information content (AvgIpc) is 2.82. The van der Waals surface area contributed by atoms with Gasteiger partial charge in [0.25, 0.3) is 0 Å². The van der Waals surface area contributed by atoms with Crippen molar-refractivity contribution in [2.75, 3.05) is 15.7 Å². The second-order valence-corrected chi connectivity index (χ2v) is 9.41. The molecule has 0 atom stereocenters. The Kier molecular flexibility index (Phi) is 6.67. The molecule has 1 amide bonds. The number of hydrogen-bond donors (Lipinski definition) is 3. The van der Waals surface area contributed by atoms with E-state index in [1.165, 1.54) is 0 Å². The predicted octanol–water partition coefficient (Wildman–Crippen LogP) is 3.82. The van der Waals surface area contributed by atoms with Crippen molar-refractivity contribution in [1.82, 2.24) is 0 Å². The smallest absolute Gasteiger partial charge is 0.364 e. The molecule has 0 radical (unpaired) electrons. The summed E-state index contributed by atoms with van der Waals surface area (Å²) in [6, 6.07) is 20.7. The number of amides is 1. The van der Waals surface area contributed by atoms with E-state index in [9.17, 15) is 17.8 Å². The molecule has 4 rings (SSSR count). The van der Waals surface area contributed by atoms with Crippen LogP contribution in [0.4, 0.5) is 17.1 Å². The third kappa shape index (κ3) is 5.11. The molecule has 0 unspecified atom stereocenters. The van der Waals surface area contributed by atoms with E-state index in [0.29, 0.717) is 42.7 Å². The molecule has 0 aliphatic carbocycles. The summed E-state index contributed by atoms with van der Waals surface area (Å²) < 4.78 is 35.1. The van der Waals surface area contributed by atoms with E-state index in [-0.39, 0.29) is 11.7 Å². The molecule has 9 heteroatoms. The highest BCUT2D eigenvalue weighted by molar-refractivity contribution is 7.87. The van der Waals surface area contributed by atoms with Crippen LogP contribution in [-0.4, -0.2) is 31.3 Å². The van der Waals surface area contributed by atoms with Gasteiger partial charge in [0.05, 0.1) is 11.4 Å². The number of hydrogen-bond acceptors (Lipinski definition) is 4. The number of nitrogen functional groups attached to an aromatic ring is 1. The minimum absolute atomic E-state index is 0.00625. The van der Waals surface area contributed by atoms with Crippen LogP contribution in [0.15, 0.2) is 72.8 Å². The highest BCUT2D eigenvalue weighted by Crippen LogP contribution is 2.35. The lowest BCUT2D eigenvalue weighted by molar-refractivity contribution is -0.118. The molecule has 0 spiro atoms. The van der Waals surface area contributed by atoms with Crippen LogP contribution < -0.4 is 14.9 Å². The van der Waals surface area contributed by atoms with Gasteiger partial charge in [-0.3, -0.25) is 14.8 Å². The number of carbonyl (C=O) groups is 1. The molecule has 34 heavy (non-hydrogen) atoms. The number of carbonyl (C=O) groups excluding carboxylic acids is 1. The lowest BCUT2D eigenvalue weighted by Gasteiger charge is -2.31. The van der Waals surface area contributed by atoms with Crippen molar-refractivity contribution in [2.24, 2.45) is 5.73 Å². The number of benzene rings is 3. The summed E-state index contributed by atoms with van der Waals surface area (Å²) in [6.07, 6.45) is 2.34. The maximum absolute atomic E-state index is 13.0. The van der Waals surface area contributed by atoms with Crippen LogP contribution in [0.25, 0.3) is 0 Å². The summed E-state index contributed by atoms with van der Waals surface area (Å²) in [4.78, 5) is 14.8. The second-order valence-electron chi connectivity index (χ2n) is 8.15. The number of fused-ring (bicyclic) bond motifs is 1. The Bertz CT molecular complexity index is 1310. The van der Waals surface area contributed by atoms with Crippen LogP contribution in [0.2, 0.25) is 0 Å². The van der Waals surface area contributed by atoms with Gasteiger partial charge in [0.15, 0.2) is 0 Å². The molecule has 1 aliphatic heterocycles. The van der Waals surface area contributed by atoms with Crippen molar-refractivity contribution >= 4 is 39.1 Å². The normalized spacial score (nSPS) is 13.3. The molecule has 0 bridgehead atoms. The molecule has 4 N–H and O–H groups in total. The number of nitrogens with zero attached hydrogens (tertiary/aromatic N) is 2. The molecular formula is C25H26N4O4S. The number of rotatable bonds is 7. The number of para-hydroxylation sites is 1. The first kappa shape index (κ1) is 23.5. The summed E-state index contributed by atoms with van der Waals surface area (Å²) in [7, 11) is -4.54. The van der Waals surface area contributed by atoms with Crippen LogP contribution in [0, 0.1) is 5.41 Å². The van der Waals surface area contributed by atoms with E-state index in [1.807, 2.05) is 12.1 Å². The Morgan fingerprint density at radius 1 is 1.03 bits per heavy atom. The lowest BCUT2D eigenvalue weighted by atomic mass is 9.99. The fourth-order valence-electron chi connectivity index (χ4n) is 4.18. The van der Waals surface area contributed by atoms with Crippen molar-refractivity contribution in [3.8, 4) is 0 Å². The van der Waals surface area contributed by atoms with Gasteiger partial charge in [0.1, 0.15) is 5.84 Å². The van der Waals surface area contributed by atoms with Gasteiger partial charge < -0.3 is 10.6 Å². The Labute approximate surface area is 199 Å². The van der Waals surface area contributed by atoms with Crippen LogP contribution >= 0.6 is 0 Å². The quantitative estimate of drug-likeness (QED) is 0.270. The summed E-state index contributed by atoms with van der Waals surface area (Å²) in [6.45, 7) is 0.592. The van der Waals surface area contributed by atoms with E-state index in [2.05, 4.69) is 0 Å². The maximum atomic E-state index is 13.0. The molecule has 8 nitrogen and oxygen atoms in total. The summed E-state index contributed by atoms with van der Waals surface area (Å²) in [5, 5.41) is 7.47. The highest BCUT2D eigenvalue weighted by atomic mass is 32.2. The van der Waals surface area contributed by atoms with Gasteiger partial charge in [-0.2, -0.15) is 8.42 Å². The first-order valence-electron chi connectivity index (χ1n) is 10.9. The van der Waals surface area contributed by atoms with Gasteiger partial charge in [-0.1, -0.05) is 42.5 Å². The van der Waals surface area contributed by atoms with E-state index in [1.54, 1.807) is 65.6 Å². The minimum atomic E-state index is -4.54. The first-order chi connectivity index (χ1) is 16.2. The summed E-state index contributed by atoms with van der Waals surface area (Å²) in [5.74, 6) is -0.00853. The average molecular weight is 479 g/mol. The topological polar surface area (TPSA) is 128 Å². The SMILES string of the molecule is N=C(N)c1ccc(CCC(=O)N2CCCc3cc(N(c4ccccc4)S(=O)(=O)O)ccc32)cc1. The van der Waals surface area contributed by atoms with Gasteiger partial charge in [-0.05, 0) is 60.7 Å². The Morgan fingerprint density at radius 2 is 1.74 bits per heavy atom. The number of anilines is 3. The molecule has 0 saturated heterocycles. The van der Waals surface area contributed by atoms with Gasteiger partial charge in [0, 0.05) is 24.2 Å². The van der Waals surface area contributed by atoms with E-state index in [0.717, 1.165) is 27.5 Å². The van der Waals surface area contributed by atoms with Gasteiger partial charge in [-0.15, -0.1) is 0 Å².